The van der Waals surface area contributed by atoms with Crippen LogP contribution < -0.4 is 5.32 Å². The lowest BCUT2D eigenvalue weighted by Gasteiger charge is -2.21. The number of pyridine rings is 1. The number of halogens is 1. The molecule has 1 aliphatic rings. The summed E-state index contributed by atoms with van der Waals surface area (Å²) in [4.78, 5) is 15.6. The molecular formula is C12H15FN2O. The Morgan fingerprint density at radius 3 is 2.75 bits per heavy atom. The summed E-state index contributed by atoms with van der Waals surface area (Å²) in [6.45, 7) is 1.95. The Morgan fingerprint density at radius 1 is 1.44 bits per heavy atom. The molecule has 4 heteroatoms. The Hall–Kier alpha value is -1.45. The van der Waals surface area contributed by atoms with E-state index in [2.05, 4.69) is 10.3 Å². The maximum absolute atomic E-state index is 12.8. The second-order valence-electron chi connectivity index (χ2n) is 4.57. The first-order valence-electron chi connectivity index (χ1n) is 5.54. The van der Waals surface area contributed by atoms with Crippen LogP contribution in [0.25, 0.3) is 0 Å². The molecule has 1 N–H and O–H groups in total. The molecule has 1 aromatic heterocycles. The first kappa shape index (κ1) is 11.0. The van der Waals surface area contributed by atoms with Crippen molar-refractivity contribution in [3.05, 3.63) is 24.1 Å². The summed E-state index contributed by atoms with van der Waals surface area (Å²) in [5.74, 6) is -0.337. The monoisotopic (exact) mass is 222 g/mol. The molecule has 0 unspecified atom stereocenters. The van der Waals surface area contributed by atoms with Gasteiger partial charge in [-0.15, -0.1) is 0 Å². The van der Waals surface area contributed by atoms with E-state index in [-0.39, 0.29) is 17.1 Å². The van der Waals surface area contributed by atoms with Crippen molar-refractivity contribution < 1.29 is 9.18 Å². The Labute approximate surface area is 94.1 Å². The summed E-state index contributed by atoms with van der Waals surface area (Å²) in [5, 5.41) is 2.68. The molecular weight excluding hydrogens is 207 g/mol. The molecule has 1 aliphatic carbocycles. The second kappa shape index (κ2) is 4.20. The van der Waals surface area contributed by atoms with Gasteiger partial charge in [-0.05, 0) is 25.0 Å². The summed E-state index contributed by atoms with van der Waals surface area (Å²) < 4.78 is 12.8. The van der Waals surface area contributed by atoms with Gasteiger partial charge in [-0.2, -0.15) is 4.39 Å². The average Bonchev–Trinajstić information content (AvgIpc) is 2.66. The third-order valence-electron chi connectivity index (χ3n) is 3.21. The van der Waals surface area contributed by atoms with Gasteiger partial charge in [-0.1, -0.05) is 25.8 Å². The van der Waals surface area contributed by atoms with Crippen molar-refractivity contribution in [1.29, 1.82) is 0 Å². The van der Waals surface area contributed by atoms with E-state index in [1.807, 2.05) is 6.92 Å². The highest BCUT2D eigenvalue weighted by molar-refractivity contribution is 5.94. The van der Waals surface area contributed by atoms with E-state index in [0.29, 0.717) is 0 Å². The Bertz CT molecular complexity index is 400. The van der Waals surface area contributed by atoms with Crippen molar-refractivity contribution in [2.45, 2.75) is 32.6 Å². The van der Waals surface area contributed by atoms with E-state index < -0.39 is 5.95 Å². The van der Waals surface area contributed by atoms with Crippen molar-refractivity contribution in [3.8, 4) is 0 Å². The van der Waals surface area contributed by atoms with Gasteiger partial charge in [0.1, 0.15) is 5.82 Å². The van der Waals surface area contributed by atoms with Gasteiger partial charge < -0.3 is 5.32 Å². The summed E-state index contributed by atoms with van der Waals surface area (Å²) in [5.41, 5.74) is -0.312. The predicted octanol–water partition coefficient (Wildman–Crippen LogP) is 2.74. The SMILES string of the molecule is CC1(C(=O)Nc2cccc(F)n2)CCCC1. The fourth-order valence-electron chi connectivity index (χ4n) is 2.13. The summed E-state index contributed by atoms with van der Waals surface area (Å²) in [7, 11) is 0. The summed E-state index contributed by atoms with van der Waals surface area (Å²) in [6.07, 6.45) is 3.96. The van der Waals surface area contributed by atoms with Crippen molar-refractivity contribution in [1.82, 2.24) is 4.98 Å². The number of rotatable bonds is 2. The van der Waals surface area contributed by atoms with E-state index in [1.54, 1.807) is 6.07 Å². The van der Waals surface area contributed by atoms with Crippen LogP contribution in [0.4, 0.5) is 10.2 Å². The smallest absolute Gasteiger partial charge is 0.231 e. The van der Waals surface area contributed by atoms with Crippen LogP contribution in [0.3, 0.4) is 0 Å². The molecule has 86 valence electrons. The highest BCUT2D eigenvalue weighted by atomic mass is 19.1. The number of hydrogen-bond donors (Lipinski definition) is 1. The van der Waals surface area contributed by atoms with Crippen LogP contribution >= 0.6 is 0 Å². The minimum atomic E-state index is -0.575. The van der Waals surface area contributed by atoms with Gasteiger partial charge in [-0.25, -0.2) is 4.98 Å². The zero-order valence-electron chi connectivity index (χ0n) is 9.29. The second-order valence-corrected chi connectivity index (χ2v) is 4.57. The summed E-state index contributed by atoms with van der Waals surface area (Å²) in [6, 6.07) is 4.39. The molecule has 1 aromatic rings. The Balaban J connectivity index is 2.07. The van der Waals surface area contributed by atoms with E-state index in [4.69, 9.17) is 0 Å². The van der Waals surface area contributed by atoms with E-state index >= 15 is 0 Å². The van der Waals surface area contributed by atoms with Crippen LogP contribution in [0.15, 0.2) is 18.2 Å². The van der Waals surface area contributed by atoms with E-state index in [1.165, 1.54) is 12.1 Å². The maximum atomic E-state index is 12.8. The highest BCUT2D eigenvalue weighted by Gasteiger charge is 2.36. The van der Waals surface area contributed by atoms with Gasteiger partial charge in [-0.3, -0.25) is 4.79 Å². The lowest BCUT2D eigenvalue weighted by Crippen LogP contribution is -2.31. The molecule has 3 nitrogen and oxygen atoms in total. The maximum Gasteiger partial charge on any atom is 0.231 e. The molecule has 0 saturated heterocycles. The number of hydrogen-bond acceptors (Lipinski definition) is 2. The predicted molar refractivity (Wildman–Crippen MR) is 59.4 cm³/mol. The number of carbonyl (C=O) groups excluding carboxylic acids is 1. The topological polar surface area (TPSA) is 42.0 Å². The lowest BCUT2D eigenvalue weighted by molar-refractivity contribution is -0.124. The van der Waals surface area contributed by atoms with Gasteiger partial charge in [0.05, 0.1) is 0 Å². The fourth-order valence-corrected chi connectivity index (χ4v) is 2.13. The molecule has 0 radical (unpaired) electrons. The molecule has 1 heterocycles. The molecule has 0 aromatic carbocycles. The number of amides is 1. The van der Waals surface area contributed by atoms with Crippen molar-refractivity contribution >= 4 is 11.7 Å². The Morgan fingerprint density at radius 2 is 2.12 bits per heavy atom. The first-order valence-corrected chi connectivity index (χ1v) is 5.54. The number of nitrogens with zero attached hydrogens (tertiary/aromatic N) is 1. The van der Waals surface area contributed by atoms with Crippen LogP contribution in [0.2, 0.25) is 0 Å². The number of anilines is 1. The minimum absolute atomic E-state index is 0.0527. The zero-order chi connectivity index (χ0) is 11.6. The third-order valence-corrected chi connectivity index (χ3v) is 3.21. The van der Waals surface area contributed by atoms with E-state index in [9.17, 15) is 9.18 Å². The van der Waals surface area contributed by atoms with Gasteiger partial charge >= 0.3 is 0 Å². The average molecular weight is 222 g/mol. The van der Waals surface area contributed by atoms with Crippen LogP contribution in [-0.2, 0) is 4.79 Å². The van der Waals surface area contributed by atoms with Gasteiger partial charge in [0, 0.05) is 5.41 Å². The number of nitrogens with one attached hydrogen (secondary N) is 1. The molecule has 1 saturated carbocycles. The zero-order valence-corrected chi connectivity index (χ0v) is 9.29. The molecule has 0 aliphatic heterocycles. The lowest BCUT2D eigenvalue weighted by atomic mass is 9.88. The molecule has 1 amide bonds. The molecule has 16 heavy (non-hydrogen) atoms. The van der Waals surface area contributed by atoms with Crippen LogP contribution in [0.5, 0.6) is 0 Å². The Kier molecular flexibility index (Phi) is 2.90. The normalized spacial score (nSPS) is 18.4. The molecule has 0 bridgehead atoms. The quantitative estimate of drug-likeness (QED) is 0.782. The van der Waals surface area contributed by atoms with Crippen molar-refractivity contribution in [2.75, 3.05) is 5.32 Å². The first-order chi connectivity index (χ1) is 7.60. The van der Waals surface area contributed by atoms with Gasteiger partial charge in [0.25, 0.3) is 0 Å². The standard InChI is InChI=1S/C12H15FN2O/c1-12(7-2-3-8-12)11(16)15-10-6-4-5-9(13)14-10/h4-6H,2-3,7-8H2,1H3,(H,14,15,16). The van der Waals surface area contributed by atoms with Crippen LogP contribution in [0, 0.1) is 11.4 Å². The summed E-state index contributed by atoms with van der Waals surface area (Å²) >= 11 is 0. The van der Waals surface area contributed by atoms with Crippen molar-refractivity contribution in [3.63, 3.8) is 0 Å². The highest BCUT2D eigenvalue weighted by Crippen LogP contribution is 2.38. The molecule has 1 fully saturated rings. The minimum Gasteiger partial charge on any atom is -0.310 e. The van der Waals surface area contributed by atoms with Crippen LogP contribution in [-0.4, -0.2) is 10.9 Å². The van der Waals surface area contributed by atoms with Gasteiger partial charge in [0.15, 0.2) is 0 Å². The van der Waals surface area contributed by atoms with Gasteiger partial charge in [0.2, 0.25) is 11.9 Å². The number of aromatic nitrogens is 1. The van der Waals surface area contributed by atoms with Crippen molar-refractivity contribution in [2.24, 2.45) is 5.41 Å². The number of carbonyl (C=O) groups is 1. The van der Waals surface area contributed by atoms with E-state index in [0.717, 1.165) is 25.7 Å². The fraction of sp³-hybridized carbons (Fsp3) is 0.500. The largest absolute Gasteiger partial charge is 0.310 e. The van der Waals surface area contributed by atoms with Crippen LogP contribution in [0.1, 0.15) is 32.6 Å². The molecule has 2 rings (SSSR count). The third kappa shape index (κ3) is 2.21. The molecule has 0 atom stereocenters. The molecule has 0 spiro atoms.